The first-order valence-corrected chi connectivity index (χ1v) is 7.85. The van der Waals surface area contributed by atoms with Crippen molar-refractivity contribution >= 4 is 22.5 Å². The molecule has 0 aliphatic carbocycles. The fourth-order valence-electron chi connectivity index (χ4n) is 3.79. The van der Waals surface area contributed by atoms with Crippen molar-refractivity contribution in [1.82, 2.24) is 10.3 Å². The lowest BCUT2D eigenvalue weighted by molar-refractivity contribution is -0.122. The molecule has 2 aromatic rings. The minimum absolute atomic E-state index is 0.0364. The van der Waals surface area contributed by atoms with E-state index in [1.165, 1.54) is 13.2 Å². The first-order valence-electron chi connectivity index (χ1n) is 7.85. The lowest BCUT2D eigenvalue weighted by atomic mass is 9.90. The van der Waals surface area contributed by atoms with Gasteiger partial charge in [-0.25, -0.2) is 4.39 Å². The number of carbonyl (C=O) groups excluding carboxylic acids is 1. The molecule has 0 bridgehead atoms. The summed E-state index contributed by atoms with van der Waals surface area (Å²) >= 11 is 0. The van der Waals surface area contributed by atoms with Crippen LogP contribution in [0.15, 0.2) is 24.4 Å². The first-order chi connectivity index (χ1) is 11.2. The van der Waals surface area contributed by atoms with Gasteiger partial charge in [0.1, 0.15) is 0 Å². The van der Waals surface area contributed by atoms with Gasteiger partial charge >= 0.3 is 0 Å². The standard InChI is InChI=1S/C17H18FN3O2/c1-23-16-7-11-13(8-12(16)18)19-5-4-14(11)21-6-2-3-10-15(21)9-20-17(10)22/h4-5,7-8,10,15H,2-3,6,9H2,1H3,(H,20,22)/t10-,15-/m1/s1. The van der Waals surface area contributed by atoms with Crippen molar-refractivity contribution in [2.24, 2.45) is 5.92 Å². The molecule has 2 aliphatic rings. The number of benzene rings is 1. The zero-order chi connectivity index (χ0) is 16.0. The summed E-state index contributed by atoms with van der Waals surface area (Å²) in [5.41, 5.74) is 1.58. The minimum atomic E-state index is -0.418. The Bertz CT molecular complexity index is 780. The molecule has 2 aliphatic heterocycles. The molecule has 0 saturated carbocycles. The van der Waals surface area contributed by atoms with E-state index in [1.54, 1.807) is 12.3 Å². The number of aromatic nitrogens is 1. The lowest BCUT2D eigenvalue weighted by Crippen LogP contribution is -2.45. The van der Waals surface area contributed by atoms with E-state index in [4.69, 9.17) is 4.74 Å². The first kappa shape index (κ1) is 14.2. The number of methoxy groups -OCH3 is 1. The number of piperidine rings is 1. The Kier molecular flexibility index (Phi) is 3.32. The smallest absolute Gasteiger partial charge is 0.225 e. The summed E-state index contributed by atoms with van der Waals surface area (Å²) < 4.78 is 19.0. The normalized spacial score (nSPS) is 23.7. The number of nitrogens with zero attached hydrogens (tertiary/aromatic N) is 2. The highest BCUT2D eigenvalue weighted by atomic mass is 19.1. The topological polar surface area (TPSA) is 54.5 Å². The molecule has 1 N–H and O–H groups in total. The molecule has 0 unspecified atom stereocenters. The number of amides is 1. The minimum Gasteiger partial charge on any atom is -0.494 e. The van der Waals surface area contributed by atoms with Crippen molar-refractivity contribution in [3.05, 3.63) is 30.2 Å². The number of anilines is 1. The maximum absolute atomic E-state index is 13.9. The summed E-state index contributed by atoms with van der Waals surface area (Å²) in [6.07, 6.45) is 3.59. The van der Waals surface area contributed by atoms with Crippen molar-refractivity contribution in [3.8, 4) is 5.75 Å². The van der Waals surface area contributed by atoms with Crippen LogP contribution in [-0.4, -0.2) is 37.1 Å². The molecule has 2 saturated heterocycles. The van der Waals surface area contributed by atoms with Gasteiger partial charge in [-0.05, 0) is 25.0 Å². The number of hydrogen-bond donors (Lipinski definition) is 1. The van der Waals surface area contributed by atoms with E-state index in [0.717, 1.165) is 30.5 Å². The van der Waals surface area contributed by atoms with Gasteiger partial charge in [-0.3, -0.25) is 9.78 Å². The van der Waals surface area contributed by atoms with E-state index in [0.29, 0.717) is 12.1 Å². The van der Waals surface area contributed by atoms with Gasteiger partial charge in [0.25, 0.3) is 0 Å². The summed E-state index contributed by atoms with van der Waals surface area (Å²) in [6, 6.07) is 5.18. The lowest BCUT2D eigenvalue weighted by Gasteiger charge is -2.38. The van der Waals surface area contributed by atoms with Crippen LogP contribution < -0.4 is 15.0 Å². The highest BCUT2D eigenvalue weighted by Gasteiger charge is 2.41. The van der Waals surface area contributed by atoms with Gasteiger partial charge in [-0.2, -0.15) is 0 Å². The third-order valence-corrected chi connectivity index (χ3v) is 4.90. The maximum atomic E-state index is 13.9. The molecular weight excluding hydrogens is 297 g/mol. The second-order valence-corrected chi connectivity index (χ2v) is 6.09. The van der Waals surface area contributed by atoms with Crippen LogP contribution in [-0.2, 0) is 4.79 Å². The second kappa shape index (κ2) is 5.37. The second-order valence-electron chi connectivity index (χ2n) is 6.09. The van der Waals surface area contributed by atoms with Crippen LogP contribution in [0.5, 0.6) is 5.75 Å². The van der Waals surface area contributed by atoms with Crippen molar-refractivity contribution in [3.63, 3.8) is 0 Å². The van der Waals surface area contributed by atoms with Gasteiger partial charge in [-0.1, -0.05) is 0 Å². The fourth-order valence-corrected chi connectivity index (χ4v) is 3.79. The highest BCUT2D eigenvalue weighted by Crippen LogP contribution is 2.36. The largest absolute Gasteiger partial charge is 0.494 e. The molecule has 0 spiro atoms. The Morgan fingerprint density at radius 3 is 3.13 bits per heavy atom. The van der Waals surface area contributed by atoms with E-state index in [2.05, 4.69) is 15.2 Å². The number of rotatable bonds is 2. The summed E-state index contributed by atoms with van der Waals surface area (Å²) in [6.45, 7) is 1.54. The van der Waals surface area contributed by atoms with Crippen LogP contribution in [0.2, 0.25) is 0 Å². The fraction of sp³-hybridized carbons (Fsp3) is 0.412. The van der Waals surface area contributed by atoms with Gasteiger partial charge in [0.15, 0.2) is 11.6 Å². The van der Waals surface area contributed by atoms with Crippen LogP contribution in [0.4, 0.5) is 10.1 Å². The predicted octanol–water partition coefficient (Wildman–Crippen LogP) is 2.10. The van der Waals surface area contributed by atoms with Crippen molar-refractivity contribution in [2.45, 2.75) is 18.9 Å². The predicted molar refractivity (Wildman–Crippen MR) is 85.1 cm³/mol. The SMILES string of the molecule is COc1cc2c(N3CCC[C@H]4C(=O)NC[C@H]43)ccnc2cc1F. The van der Waals surface area contributed by atoms with Crippen LogP contribution in [0.1, 0.15) is 12.8 Å². The maximum Gasteiger partial charge on any atom is 0.225 e. The molecule has 2 atom stereocenters. The highest BCUT2D eigenvalue weighted by molar-refractivity contribution is 5.93. The molecule has 4 rings (SSSR count). The van der Waals surface area contributed by atoms with Gasteiger partial charge in [-0.15, -0.1) is 0 Å². The Hall–Kier alpha value is -2.37. The van der Waals surface area contributed by atoms with Crippen LogP contribution in [0.3, 0.4) is 0 Å². The number of hydrogen-bond acceptors (Lipinski definition) is 4. The van der Waals surface area contributed by atoms with E-state index in [-0.39, 0.29) is 23.6 Å². The van der Waals surface area contributed by atoms with Crippen molar-refractivity contribution in [1.29, 1.82) is 0 Å². The van der Waals surface area contributed by atoms with Crippen molar-refractivity contribution in [2.75, 3.05) is 25.1 Å². The van der Waals surface area contributed by atoms with Gasteiger partial charge < -0.3 is 15.0 Å². The molecule has 2 fully saturated rings. The van der Waals surface area contributed by atoms with E-state index >= 15 is 0 Å². The monoisotopic (exact) mass is 315 g/mol. The quantitative estimate of drug-likeness (QED) is 0.922. The van der Waals surface area contributed by atoms with Crippen LogP contribution >= 0.6 is 0 Å². The molecule has 0 radical (unpaired) electrons. The molecule has 1 amide bonds. The average Bonchev–Trinajstić information content (AvgIpc) is 2.95. The summed E-state index contributed by atoms with van der Waals surface area (Å²) in [7, 11) is 1.46. The van der Waals surface area contributed by atoms with Gasteiger partial charge in [0.2, 0.25) is 5.91 Å². The number of fused-ring (bicyclic) bond motifs is 2. The molecular formula is C17H18FN3O2. The van der Waals surface area contributed by atoms with Gasteiger partial charge in [0.05, 0.1) is 24.6 Å². The molecule has 23 heavy (non-hydrogen) atoms. The average molecular weight is 315 g/mol. The summed E-state index contributed by atoms with van der Waals surface area (Å²) in [5, 5.41) is 3.81. The summed E-state index contributed by atoms with van der Waals surface area (Å²) in [4.78, 5) is 18.5. The number of nitrogens with one attached hydrogen (secondary N) is 1. The summed E-state index contributed by atoms with van der Waals surface area (Å²) in [5.74, 6) is -0.0317. The van der Waals surface area contributed by atoms with Crippen LogP contribution in [0.25, 0.3) is 10.9 Å². The number of halogens is 1. The third-order valence-electron chi connectivity index (χ3n) is 4.90. The van der Waals surface area contributed by atoms with Crippen LogP contribution in [0, 0.1) is 11.7 Å². The zero-order valence-corrected chi connectivity index (χ0v) is 12.9. The Morgan fingerprint density at radius 1 is 1.43 bits per heavy atom. The molecule has 6 heteroatoms. The van der Waals surface area contributed by atoms with E-state index in [1.807, 2.05) is 6.07 Å². The van der Waals surface area contributed by atoms with Gasteiger partial charge in [0, 0.05) is 36.4 Å². The van der Waals surface area contributed by atoms with E-state index < -0.39 is 5.82 Å². The third kappa shape index (κ3) is 2.20. The molecule has 1 aromatic heterocycles. The Morgan fingerprint density at radius 2 is 2.30 bits per heavy atom. The van der Waals surface area contributed by atoms with E-state index in [9.17, 15) is 9.18 Å². The molecule has 5 nitrogen and oxygen atoms in total. The number of pyridine rings is 1. The zero-order valence-electron chi connectivity index (χ0n) is 12.9. The Balaban J connectivity index is 1.83. The Labute approximate surface area is 133 Å². The number of carbonyl (C=O) groups is 1. The number of ether oxygens (including phenoxy) is 1. The molecule has 1 aromatic carbocycles. The van der Waals surface area contributed by atoms with Crippen molar-refractivity contribution < 1.29 is 13.9 Å². The molecule has 120 valence electrons. The molecule has 3 heterocycles.